The van der Waals surface area contributed by atoms with E-state index in [-0.39, 0.29) is 24.0 Å². The van der Waals surface area contributed by atoms with Crippen LogP contribution in [-0.2, 0) is 16.1 Å². The number of pyridine rings is 1. The van der Waals surface area contributed by atoms with Gasteiger partial charge < -0.3 is 15.0 Å². The normalized spacial score (nSPS) is 24.2. The first-order chi connectivity index (χ1) is 14.5. The number of amides is 1. The topological polar surface area (TPSA) is 67.3 Å². The van der Waals surface area contributed by atoms with Crippen molar-refractivity contribution in [3.05, 3.63) is 29.2 Å². The van der Waals surface area contributed by atoms with Crippen LogP contribution in [0.1, 0.15) is 62.5 Å². The van der Waals surface area contributed by atoms with Crippen LogP contribution in [0.5, 0.6) is 0 Å². The Morgan fingerprint density at radius 3 is 2.57 bits per heavy atom. The van der Waals surface area contributed by atoms with Gasteiger partial charge in [0.15, 0.2) is 5.13 Å². The van der Waals surface area contributed by atoms with E-state index in [2.05, 4.69) is 43.1 Å². The zero-order valence-electron chi connectivity index (χ0n) is 18.0. The minimum Gasteiger partial charge on any atom is -0.372 e. The minimum atomic E-state index is 0.161. The molecule has 2 aromatic heterocycles. The summed E-state index contributed by atoms with van der Waals surface area (Å²) in [7, 11) is 0. The molecular formula is C23H30N4O2S. The predicted octanol–water partition coefficient (Wildman–Crippen LogP) is 4.03. The molecule has 2 aliphatic carbocycles. The highest BCUT2D eigenvalue weighted by molar-refractivity contribution is 7.19. The number of rotatable bonds is 6. The lowest BCUT2D eigenvalue weighted by Gasteiger charge is -2.35. The van der Waals surface area contributed by atoms with Crippen LogP contribution < -0.4 is 10.2 Å². The number of carbonyl (C=O) groups is 1. The van der Waals surface area contributed by atoms with E-state index < -0.39 is 0 Å². The lowest BCUT2D eigenvalue weighted by molar-refractivity contribution is -0.122. The summed E-state index contributed by atoms with van der Waals surface area (Å²) in [5.41, 5.74) is 4.38. The Balaban J connectivity index is 1.47. The molecule has 6 nitrogen and oxygen atoms in total. The molecule has 0 unspecified atom stereocenters. The van der Waals surface area contributed by atoms with Gasteiger partial charge in [0.05, 0.1) is 29.3 Å². The lowest BCUT2D eigenvalue weighted by atomic mass is 10.1. The van der Waals surface area contributed by atoms with Crippen LogP contribution in [0.15, 0.2) is 12.1 Å². The molecule has 2 aromatic rings. The lowest BCUT2D eigenvalue weighted by Crippen LogP contribution is -2.45. The van der Waals surface area contributed by atoms with Crippen molar-refractivity contribution in [1.82, 2.24) is 15.3 Å². The van der Waals surface area contributed by atoms with Crippen LogP contribution >= 0.6 is 11.3 Å². The third kappa shape index (κ3) is 4.37. The van der Waals surface area contributed by atoms with Crippen LogP contribution in [0, 0.1) is 12.8 Å². The number of nitrogens with one attached hydrogen (secondary N) is 1. The number of thiazole rings is 1. The first kappa shape index (κ1) is 19.9. The van der Waals surface area contributed by atoms with Gasteiger partial charge in [-0.1, -0.05) is 11.3 Å². The van der Waals surface area contributed by atoms with E-state index >= 15 is 0 Å². The van der Waals surface area contributed by atoms with Gasteiger partial charge in [0.2, 0.25) is 5.91 Å². The highest BCUT2D eigenvalue weighted by atomic mass is 32.1. The monoisotopic (exact) mass is 426 g/mol. The zero-order valence-corrected chi connectivity index (χ0v) is 18.8. The van der Waals surface area contributed by atoms with Crippen LogP contribution in [0.2, 0.25) is 0 Å². The Morgan fingerprint density at radius 1 is 1.17 bits per heavy atom. The van der Waals surface area contributed by atoms with Gasteiger partial charge in [0.1, 0.15) is 0 Å². The maximum atomic E-state index is 12.3. The quantitative estimate of drug-likeness (QED) is 0.755. The van der Waals surface area contributed by atoms with Crippen molar-refractivity contribution in [3.63, 3.8) is 0 Å². The Kier molecular flexibility index (Phi) is 5.27. The van der Waals surface area contributed by atoms with E-state index in [1.165, 1.54) is 24.1 Å². The van der Waals surface area contributed by atoms with Crippen molar-refractivity contribution in [2.24, 2.45) is 5.92 Å². The molecular weight excluding hydrogens is 396 g/mol. The molecule has 0 radical (unpaired) electrons. The van der Waals surface area contributed by atoms with E-state index in [1.807, 2.05) is 0 Å². The molecule has 0 spiro atoms. The molecule has 5 rings (SSSR count). The van der Waals surface area contributed by atoms with E-state index in [9.17, 15) is 4.79 Å². The van der Waals surface area contributed by atoms with E-state index in [0.717, 1.165) is 47.3 Å². The molecule has 3 aliphatic rings. The summed E-state index contributed by atoms with van der Waals surface area (Å²) in [5.74, 6) is 0.973. The van der Waals surface area contributed by atoms with Crippen molar-refractivity contribution in [2.45, 2.75) is 71.1 Å². The number of aromatic nitrogens is 2. The van der Waals surface area contributed by atoms with Gasteiger partial charge in [0, 0.05) is 36.3 Å². The van der Waals surface area contributed by atoms with Gasteiger partial charge in [-0.25, -0.2) is 4.98 Å². The van der Waals surface area contributed by atoms with E-state index in [1.54, 1.807) is 11.3 Å². The number of nitrogens with zero attached hydrogens (tertiary/aromatic N) is 3. The van der Waals surface area contributed by atoms with Crippen molar-refractivity contribution < 1.29 is 9.53 Å². The summed E-state index contributed by atoms with van der Waals surface area (Å²) in [5, 5.41) is 4.13. The van der Waals surface area contributed by atoms with Crippen molar-refractivity contribution in [1.29, 1.82) is 0 Å². The second kappa shape index (κ2) is 7.93. The van der Waals surface area contributed by atoms with Crippen LogP contribution in [-0.4, -0.2) is 41.2 Å². The Bertz CT molecular complexity index is 941. The number of hydrogen-bond donors (Lipinski definition) is 1. The second-order valence-corrected chi connectivity index (χ2v) is 10.1. The van der Waals surface area contributed by atoms with Gasteiger partial charge in [-0.15, -0.1) is 0 Å². The zero-order chi connectivity index (χ0) is 20.8. The largest absolute Gasteiger partial charge is 0.372 e. The first-order valence-electron chi connectivity index (χ1n) is 11.1. The molecule has 3 heterocycles. The molecule has 1 aliphatic heterocycles. The molecule has 30 heavy (non-hydrogen) atoms. The molecule has 3 fully saturated rings. The van der Waals surface area contributed by atoms with E-state index in [4.69, 9.17) is 14.7 Å². The Labute approximate surface area is 182 Å². The van der Waals surface area contributed by atoms with E-state index in [0.29, 0.717) is 12.5 Å². The third-order valence-electron chi connectivity index (χ3n) is 5.99. The van der Waals surface area contributed by atoms with Gasteiger partial charge >= 0.3 is 0 Å². The van der Waals surface area contributed by atoms with Crippen LogP contribution in [0.4, 0.5) is 5.13 Å². The SMILES string of the molecule is Cc1cc(-c2sc(N3C[C@@H](C)O[C@@H](C)C3)nc2CNC(=O)C2CC2)cc(C2CC2)n1. The maximum Gasteiger partial charge on any atom is 0.223 e. The fraction of sp³-hybridized carbons (Fsp3) is 0.609. The molecule has 1 amide bonds. The number of carbonyl (C=O) groups excluding carboxylic acids is 1. The molecule has 0 bridgehead atoms. The standard InChI is InChI=1S/C23H30N4O2S/c1-13-8-18(9-19(25-13)16-4-5-16)21-20(10-24-22(28)17-6-7-17)26-23(30-21)27-11-14(2)29-15(3)12-27/h8-9,14-17H,4-7,10-12H2,1-3H3,(H,24,28)/t14-,15+. The summed E-state index contributed by atoms with van der Waals surface area (Å²) < 4.78 is 5.91. The molecule has 1 saturated heterocycles. The summed E-state index contributed by atoms with van der Waals surface area (Å²) in [6.07, 6.45) is 4.86. The first-order valence-corrected chi connectivity index (χ1v) is 11.9. The fourth-order valence-corrected chi connectivity index (χ4v) is 5.32. The molecule has 160 valence electrons. The second-order valence-electron chi connectivity index (χ2n) is 9.12. The third-order valence-corrected chi connectivity index (χ3v) is 7.19. The van der Waals surface area contributed by atoms with Gasteiger partial charge in [-0.05, 0) is 64.2 Å². The fourth-order valence-electron chi connectivity index (χ4n) is 4.23. The van der Waals surface area contributed by atoms with Crippen molar-refractivity contribution >= 4 is 22.4 Å². The Hall–Kier alpha value is -1.99. The number of aryl methyl sites for hydroxylation is 1. The highest BCUT2D eigenvalue weighted by Gasteiger charge is 2.31. The van der Waals surface area contributed by atoms with Crippen molar-refractivity contribution in [3.8, 4) is 10.4 Å². The summed E-state index contributed by atoms with van der Waals surface area (Å²) >= 11 is 1.73. The minimum absolute atomic E-state index is 0.161. The van der Waals surface area contributed by atoms with Gasteiger partial charge in [-0.2, -0.15) is 0 Å². The number of ether oxygens (including phenoxy) is 1. The van der Waals surface area contributed by atoms with Gasteiger partial charge in [-0.3, -0.25) is 9.78 Å². The van der Waals surface area contributed by atoms with Gasteiger partial charge in [0.25, 0.3) is 0 Å². The number of morpholine rings is 1. The predicted molar refractivity (Wildman–Crippen MR) is 119 cm³/mol. The number of hydrogen-bond acceptors (Lipinski definition) is 6. The molecule has 1 N–H and O–H groups in total. The molecule has 2 saturated carbocycles. The summed E-state index contributed by atoms with van der Waals surface area (Å²) in [6.45, 7) is 8.46. The average molecular weight is 427 g/mol. The molecule has 7 heteroatoms. The van der Waals surface area contributed by atoms with Crippen LogP contribution in [0.25, 0.3) is 10.4 Å². The summed E-state index contributed by atoms with van der Waals surface area (Å²) in [6, 6.07) is 4.39. The maximum absolute atomic E-state index is 12.3. The summed E-state index contributed by atoms with van der Waals surface area (Å²) in [4.78, 5) is 25.5. The Morgan fingerprint density at radius 2 is 1.90 bits per heavy atom. The average Bonchev–Trinajstić information content (AvgIpc) is 3.60. The molecule has 0 aromatic carbocycles. The molecule has 2 atom stereocenters. The van der Waals surface area contributed by atoms with Crippen molar-refractivity contribution in [2.75, 3.05) is 18.0 Å². The smallest absolute Gasteiger partial charge is 0.223 e. The highest BCUT2D eigenvalue weighted by Crippen LogP contribution is 2.42. The number of anilines is 1. The van der Waals surface area contributed by atoms with Crippen LogP contribution in [0.3, 0.4) is 0 Å².